The number of sulfonamides is 1. The number of amides is 1. The van der Waals surface area contributed by atoms with Crippen LogP contribution in [0, 0.1) is 5.92 Å². The molecule has 1 fully saturated rings. The van der Waals surface area contributed by atoms with Gasteiger partial charge in [0.1, 0.15) is 17.6 Å². The summed E-state index contributed by atoms with van der Waals surface area (Å²) in [5, 5.41) is 2.97. The summed E-state index contributed by atoms with van der Waals surface area (Å²) in [4.78, 5) is 12.7. The molecule has 1 aromatic rings. The van der Waals surface area contributed by atoms with Gasteiger partial charge in [0.2, 0.25) is 15.9 Å². The van der Waals surface area contributed by atoms with E-state index in [0.717, 1.165) is 17.7 Å². The number of fused-ring (bicyclic) bond motifs is 1. The minimum absolute atomic E-state index is 0.0924. The van der Waals surface area contributed by atoms with Crippen LogP contribution in [0.2, 0.25) is 0 Å². The zero-order valence-electron chi connectivity index (χ0n) is 16.2. The highest BCUT2D eigenvalue weighted by Crippen LogP contribution is 2.38. The van der Waals surface area contributed by atoms with Gasteiger partial charge >= 0.3 is 0 Å². The predicted molar refractivity (Wildman–Crippen MR) is 104 cm³/mol. The predicted octanol–water partition coefficient (Wildman–Crippen LogP) is 2.41. The summed E-state index contributed by atoms with van der Waals surface area (Å²) in [7, 11) is -3.19. The molecular weight excluding hydrogens is 368 g/mol. The number of benzene rings is 1. The summed E-state index contributed by atoms with van der Waals surface area (Å²) in [5.74, 6) is 1.21. The van der Waals surface area contributed by atoms with E-state index in [9.17, 15) is 13.2 Å². The third-order valence-corrected chi connectivity index (χ3v) is 7.02. The van der Waals surface area contributed by atoms with Crippen LogP contribution < -0.4 is 14.8 Å². The van der Waals surface area contributed by atoms with Gasteiger partial charge in [-0.3, -0.25) is 4.79 Å². The Morgan fingerprint density at radius 1 is 1.30 bits per heavy atom. The molecule has 0 spiro atoms. The molecule has 0 bridgehead atoms. The lowest BCUT2D eigenvalue weighted by Gasteiger charge is -2.30. The SMILES string of the molecule is CCOc1cc2c(cc1NC(=O)C1CCN(S(=O)(=O)CC)CC1)OC(C)C2. The van der Waals surface area contributed by atoms with E-state index in [1.54, 1.807) is 6.92 Å². The number of ether oxygens (including phenoxy) is 2. The minimum atomic E-state index is -3.19. The van der Waals surface area contributed by atoms with Gasteiger partial charge in [-0.15, -0.1) is 0 Å². The molecular formula is C19H28N2O5S. The molecule has 7 nitrogen and oxygen atoms in total. The fourth-order valence-electron chi connectivity index (χ4n) is 3.63. The van der Waals surface area contributed by atoms with Crippen LogP contribution in [-0.2, 0) is 21.2 Å². The van der Waals surface area contributed by atoms with Gasteiger partial charge in [0.25, 0.3) is 0 Å². The van der Waals surface area contributed by atoms with E-state index in [1.807, 2.05) is 26.0 Å². The topological polar surface area (TPSA) is 84.9 Å². The zero-order valence-corrected chi connectivity index (χ0v) is 17.0. The quantitative estimate of drug-likeness (QED) is 0.798. The molecule has 1 N–H and O–H groups in total. The molecule has 1 unspecified atom stereocenters. The van der Waals surface area contributed by atoms with E-state index in [2.05, 4.69) is 5.32 Å². The molecule has 0 aromatic heterocycles. The first-order valence-corrected chi connectivity index (χ1v) is 11.2. The fraction of sp³-hybridized carbons (Fsp3) is 0.632. The average molecular weight is 397 g/mol. The van der Waals surface area contributed by atoms with Crippen molar-refractivity contribution in [2.75, 3.05) is 30.8 Å². The van der Waals surface area contributed by atoms with E-state index in [0.29, 0.717) is 44.0 Å². The number of hydrogen-bond acceptors (Lipinski definition) is 5. The Morgan fingerprint density at radius 2 is 2.00 bits per heavy atom. The Balaban J connectivity index is 1.69. The number of nitrogens with zero attached hydrogens (tertiary/aromatic N) is 1. The molecule has 1 atom stereocenters. The number of rotatable bonds is 6. The molecule has 150 valence electrons. The molecule has 8 heteroatoms. The van der Waals surface area contributed by atoms with Crippen molar-refractivity contribution in [3.05, 3.63) is 17.7 Å². The van der Waals surface area contributed by atoms with Gasteiger partial charge in [-0.05, 0) is 39.7 Å². The van der Waals surface area contributed by atoms with Crippen molar-refractivity contribution in [2.24, 2.45) is 5.92 Å². The van der Waals surface area contributed by atoms with Crippen LogP contribution >= 0.6 is 0 Å². The lowest BCUT2D eigenvalue weighted by molar-refractivity contribution is -0.120. The molecule has 0 saturated carbocycles. The van der Waals surface area contributed by atoms with Crippen LogP contribution in [0.4, 0.5) is 5.69 Å². The number of anilines is 1. The number of piperidine rings is 1. The molecule has 1 amide bonds. The van der Waals surface area contributed by atoms with Crippen LogP contribution in [0.15, 0.2) is 12.1 Å². The van der Waals surface area contributed by atoms with Crippen LogP contribution in [-0.4, -0.2) is 50.2 Å². The summed E-state index contributed by atoms with van der Waals surface area (Å²) in [6.07, 6.45) is 1.99. The molecule has 3 rings (SSSR count). The Bertz CT molecular complexity index is 801. The first-order chi connectivity index (χ1) is 12.8. The second-order valence-electron chi connectivity index (χ2n) is 7.08. The van der Waals surface area contributed by atoms with Crippen molar-refractivity contribution >= 4 is 21.6 Å². The van der Waals surface area contributed by atoms with E-state index < -0.39 is 10.0 Å². The molecule has 2 aliphatic heterocycles. The Hall–Kier alpha value is -1.80. The lowest BCUT2D eigenvalue weighted by Crippen LogP contribution is -2.42. The molecule has 0 aliphatic carbocycles. The molecule has 27 heavy (non-hydrogen) atoms. The first kappa shape index (κ1) is 19.9. The van der Waals surface area contributed by atoms with Crippen molar-refractivity contribution in [3.63, 3.8) is 0 Å². The van der Waals surface area contributed by atoms with Crippen molar-refractivity contribution in [1.82, 2.24) is 4.31 Å². The molecule has 1 aromatic carbocycles. The van der Waals surface area contributed by atoms with Gasteiger partial charge in [-0.2, -0.15) is 0 Å². The van der Waals surface area contributed by atoms with Crippen molar-refractivity contribution in [1.29, 1.82) is 0 Å². The number of carbonyl (C=O) groups is 1. The van der Waals surface area contributed by atoms with Gasteiger partial charge < -0.3 is 14.8 Å². The largest absolute Gasteiger partial charge is 0.492 e. The highest BCUT2D eigenvalue weighted by atomic mass is 32.2. The highest BCUT2D eigenvalue weighted by Gasteiger charge is 2.31. The first-order valence-electron chi connectivity index (χ1n) is 9.59. The summed E-state index contributed by atoms with van der Waals surface area (Å²) in [6, 6.07) is 3.77. The van der Waals surface area contributed by atoms with E-state index in [-0.39, 0.29) is 23.7 Å². The molecule has 1 saturated heterocycles. The third kappa shape index (κ3) is 4.38. The van der Waals surface area contributed by atoms with E-state index in [1.165, 1.54) is 4.31 Å². The Kier molecular flexibility index (Phi) is 5.95. The standard InChI is InChI=1S/C19H28N2O5S/c1-4-25-18-11-15-10-13(3)26-17(15)12-16(18)20-19(22)14-6-8-21(9-7-14)27(23,24)5-2/h11-14H,4-10H2,1-3H3,(H,20,22). The molecule has 2 heterocycles. The highest BCUT2D eigenvalue weighted by molar-refractivity contribution is 7.89. The molecule has 0 radical (unpaired) electrons. The van der Waals surface area contributed by atoms with E-state index in [4.69, 9.17) is 9.47 Å². The van der Waals surface area contributed by atoms with E-state index >= 15 is 0 Å². The van der Waals surface area contributed by atoms with Gasteiger partial charge in [-0.25, -0.2) is 12.7 Å². The second-order valence-corrected chi connectivity index (χ2v) is 9.34. The normalized spacial score (nSPS) is 20.8. The van der Waals surface area contributed by atoms with Crippen molar-refractivity contribution in [3.8, 4) is 11.5 Å². The smallest absolute Gasteiger partial charge is 0.227 e. The Morgan fingerprint density at radius 3 is 2.63 bits per heavy atom. The van der Waals surface area contributed by atoms with Crippen molar-refractivity contribution < 1.29 is 22.7 Å². The third-order valence-electron chi connectivity index (χ3n) is 5.14. The fourth-order valence-corrected chi connectivity index (χ4v) is 4.76. The summed E-state index contributed by atoms with van der Waals surface area (Å²) in [5.41, 5.74) is 1.69. The van der Waals surface area contributed by atoms with Gasteiger partial charge in [-0.1, -0.05) is 0 Å². The van der Waals surface area contributed by atoms with Gasteiger partial charge in [0.05, 0.1) is 18.0 Å². The van der Waals surface area contributed by atoms with Crippen LogP contribution in [0.3, 0.4) is 0 Å². The number of nitrogens with one attached hydrogen (secondary N) is 1. The second kappa shape index (κ2) is 8.06. The Labute approximate surface area is 161 Å². The summed E-state index contributed by atoms with van der Waals surface area (Å²) in [6.45, 7) is 6.83. The summed E-state index contributed by atoms with van der Waals surface area (Å²) < 4.78 is 36.9. The van der Waals surface area contributed by atoms with Crippen LogP contribution in [0.25, 0.3) is 0 Å². The minimum Gasteiger partial charge on any atom is -0.492 e. The molecule has 2 aliphatic rings. The maximum absolute atomic E-state index is 12.7. The zero-order chi connectivity index (χ0) is 19.6. The lowest BCUT2D eigenvalue weighted by atomic mass is 9.97. The van der Waals surface area contributed by atoms with Crippen LogP contribution in [0.5, 0.6) is 11.5 Å². The maximum atomic E-state index is 12.7. The van der Waals surface area contributed by atoms with Crippen LogP contribution in [0.1, 0.15) is 39.2 Å². The monoisotopic (exact) mass is 396 g/mol. The van der Waals surface area contributed by atoms with Crippen molar-refractivity contribution in [2.45, 2.75) is 46.1 Å². The maximum Gasteiger partial charge on any atom is 0.227 e. The van der Waals surface area contributed by atoms with Gasteiger partial charge in [0.15, 0.2) is 0 Å². The summed E-state index contributed by atoms with van der Waals surface area (Å²) >= 11 is 0. The van der Waals surface area contributed by atoms with Gasteiger partial charge in [0, 0.05) is 37.1 Å². The average Bonchev–Trinajstić information content (AvgIpc) is 3.01. The number of hydrogen-bond donors (Lipinski definition) is 1. The number of carbonyl (C=O) groups excluding carboxylic acids is 1.